The minimum Gasteiger partial charge on any atom is -0.493 e. The third-order valence-electron chi connectivity index (χ3n) is 3.79. The Labute approximate surface area is 129 Å². The molecule has 1 aliphatic rings. The van der Waals surface area contributed by atoms with Gasteiger partial charge in [-0.3, -0.25) is 0 Å². The smallest absolute Gasteiger partial charge is 0.122 e. The summed E-state index contributed by atoms with van der Waals surface area (Å²) < 4.78 is 9.77. The van der Waals surface area contributed by atoms with Crippen LogP contribution in [0.25, 0.3) is 0 Å². The molecule has 0 radical (unpaired) electrons. The first kappa shape index (κ1) is 14.5. The molecule has 1 aliphatic heterocycles. The van der Waals surface area contributed by atoms with E-state index in [2.05, 4.69) is 47.0 Å². The number of nitrogens with one attached hydrogen (secondary N) is 1. The first-order chi connectivity index (χ1) is 10.3. The molecule has 0 saturated carbocycles. The van der Waals surface area contributed by atoms with Crippen LogP contribution < -0.4 is 10.1 Å². The molecule has 21 heavy (non-hydrogen) atoms. The molecule has 1 aromatic heterocycles. The van der Waals surface area contributed by atoms with Gasteiger partial charge in [0.15, 0.2) is 0 Å². The van der Waals surface area contributed by atoms with Crippen LogP contribution in [0.1, 0.15) is 48.0 Å². The van der Waals surface area contributed by atoms with Crippen LogP contribution in [0.2, 0.25) is 0 Å². The number of fused-ring (bicyclic) bond motifs is 1. The molecule has 0 amide bonds. The number of benzene rings is 1. The number of ether oxygens (including phenoxy) is 1. The summed E-state index contributed by atoms with van der Waals surface area (Å²) >= 11 is 1.51. The van der Waals surface area contributed by atoms with Crippen molar-refractivity contribution >= 4 is 11.5 Å². The molecule has 0 saturated heterocycles. The minimum atomic E-state index is 0.183. The van der Waals surface area contributed by atoms with Crippen molar-refractivity contribution in [3.63, 3.8) is 0 Å². The maximum absolute atomic E-state index is 5.60. The Morgan fingerprint density at radius 1 is 1.38 bits per heavy atom. The standard InChI is InChI=1S/C16H21N3OS/c1-3-5-13-16(21-19-18-13)15(17-4-2)12-6-7-14-11(10-12)8-9-20-14/h6-7,10,15,17H,3-5,8-9H2,1-2H3. The highest BCUT2D eigenvalue weighted by Crippen LogP contribution is 2.32. The van der Waals surface area contributed by atoms with Crippen molar-refractivity contribution in [2.75, 3.05) is 13.2 Å². The van der Waals surface area contributed by atoms with Gasteiger partial charge in [-0.2, -0.15) is 0 Å². The minimum absolute atomic E-state index is 0.183. The normalized spacial score (nSPS) is 14.8. The van der Waals surface area contributed by atoms with Gasteiger partial charge in [0.2, 0.25) is 0 Å². The Bertz CT molecular complexity index is 611. The van der Waals surface area contributed by atoms with Crippen LogP contribution in [0.3, 0.4) is 0 Å². The second-order valence-corrected chi connectivity index (χ2v) is 6.08. The van der Waals surface area contributed by atoms with E-state index in [-0.39, 0.29) is 6.04 Å². The number of aryl methyl sites for hydroxylation is 1. The van der Waals surface area contributed by atoms with E-state index in [1.807, 2.05) is 0 Å². The van der Waals surface area contributed by atoms with Gasteiger partial charge in [0.25, 0.3) is 0 Å². The van der Waals surface area contributed by atoms with E-state index in [1.165, 1.54) is 27.5 Å². The molecule has 5 heteroatoms. The number of aromatic nitrogens is 2. The van der Waals surface area contributed by atoms with Crippen molar-refractivity contribution in [2.24, 2.45) is 0 Å². The Morgan fingerprint density at radius 2 is 2.29 bits per heavy atom. The zero-order chi connectivity index (χ0) is 14.7. The predicted octanol–water partition coefficient (Wildman–Crippen LogP) is 3.12. The fraction of sp³-hybridized carbons (Fsp3) is 0.500. The number of hydrogen-bond donors (Lipinski definition) is 1. The van der Waals surface area contributed by atoms with Crippen LogP contribution in [0.5, 0.6) is 5.75 Å². The van der Waals surface area contributed by atoms with Crippen molar-refractivity contribution in [1.29, 1.82) is 0 Å². The molecular formula is C16H21N3OS. The second-order valence-electron chi connectivity index (χ2n) is 5.29. The lowest BCUT2D eigenvalue weighted by Crippen LogP contribution is -2.22. The highest BCUT2D eigenvalue weighted by atomic mass is 32.1. The largest absolute Gasteiger partial charge is 0.493 e. The first-order valence-electron chi connectivity index (χ1n) is 7.63. The van der Waals surface area contributed by atoms with Gasteiger partial charge in [0.05, 0.1) is 23.2 Å². The molecule has 0 fully saturated rings. The highest BCUT2D eigenvalue weighted by Gasteiger charge is 2.22. The summed E-state index contributed by atoms with van der Waals surface area (Å²) in [5, 5.41) is 7.89. The van der Waals surface area contributed by atoms with E-state index in [9.17, 15) is 0 Å². The molecule has 2 aromatic rings. The summed E-state index contributed by atoms with van der Waals surface area (Å²) in [6, 6.07) is 6.70. The first-order valence-corrected chi connectivity index (χ1v) is 8.41. The molecule has 0 bridgehead atoms. The average molecular weight is 303 g/mol. The zero-order valence-electron chi connectivity index (χ0n) is 12.6. The van der Waals surface area contributed by atoms with Crippen LogP contribution in [0, 0.1) is 0 Å². The van der Waals surface area contributed by atoms with Crippen LogP contribution >= 0.6 is 11.5 Å². The molecule has 1 atom stereocenters. The van der Waals surface area contributed by atoms with Gasteiger partial charge in [0, 0.05) is 6.42 Å². The molecule has 112 valence electrons. The summed E-state index contributed by atoms with van der Waals surface area (Å²) in [7, 11) is 0. The predicted molar refractivity (Wildman–Crippen MR) is 85.1 cm³/mol. The van der Waals surface area contributed by atoms with Crippen molar-refractivity contribution in [3.8, 4) is 5.75 Å². The topological polar surface area (TPSA) is 47.0 Å². The van der Waals surface area contributed by atoms with Crippen LogP contribution in [-0.2, 0) is 12.8 Å². The molecule has 1 unspecified atom stereocenters. The average Bonchev–Trinajstić information content (AvgIpc) is 3.13. The van der Waals surface area contributed by atoms with Gasteiger partial charge in [-0.25, -0.2) is 0 Å². The zero-order valence-corrected chi connectivity index (χ0v) is 13.4. The summed E-state index contributed by atoms with van der Waals surface area (Å²) in [5.74, 6) is 1.03. The molecule has 3 rings (SSSR count). The van der Waals surface area contributed by atoms with Gasteiger partial charge in [-0.1, -0.05) is 36.9 Å². The molecule has 0 spiro atoms. The summed E-state index contributed by atoms with van der Waals surface area (Å²) in [4.78, 5) is 1.25. The van der Waals surface area contributed by atoms with E-state index >= 15 is 0 Å². The van der Waals surface area contributed by atoms with Crippen molar-refractivity contribution < 1.29 is 4.74 Å². The van der Waals surface area contributed by atoms with Crippen LogP contribution in [0.15, 0.2) is 18.2 Å². The Morgan fingerprint density at radius 3 is 3.10 bits per heavy atom. The van der Waals surface area contributed by atoms with Gasteiger partial charge in [0.1, 0.15) is 5.75 Å². The summed E-state index contributed by atoms with van der Waals surface area (Å²) in [5.41, 5.74) is 3.72. The molecule has 4 nitrogen and oxygen atoms in total. The molecule has 1 aromatic carbocycles. The highest BCUT2D eigenvalue weighted by molar-refractivity contribution is 7.05. The van der Waals surface area contributed by atoms with E-state index in [0.29, 0.717) is 0 Å². The van der Waals surface area contributed by atoms with Crippen LogP contribution in [0.4, 0.5) is 0 Å². The fourth-order valence-corrected chi connectivity index (χ4v) is 3.60. The van der Waals surface area contributed by atoms with E-state index in [0.717, 1.165) is 43.9 Å². The maximum atomic E-state index is 5.60. The number of nitrogens with zero attached hydrogens (tertiary/aromatic N) is 2. The molecule has 0 aliphatic carbocycles. The van der Waals surface area contributed by atoms with Gasteiger partial charge >= 0.3 is 0 Å². The Kier molecular flexibility index (Phi) is 4.51. The van der Waals surface area contributed by atoms with Crippen LogP contribution in [-0.4, -0.2) is 22.7 Å². The van der Waals surface area contributed by atoms with E-state index in [4.69, 9.17) is 4.74 Å². The van der Waals surface area contributed by atoms with Gasteiger partial charge in [-0.15, -0.1) is 5.10 Å². The lowest BCUT2D eigenvalue weighted by molar-refractivity contribution is 0.357. The van der Waals surface area contributed by atoms with E-state index < -0.39 is 0 Å². The number of hydrogen-bond acceptors (Lipinski definition) is 5. The van der Waals surface area contributed by atoms with Gasteiger partial charge < -0.3 is 10.1 Å². The summed E-state index contributed by atoms with van der Waals surface area (Å²) in [6.45, 7) is 6.03. The fourth-order valence-electron chi connectivity index (χ4n) is 2.80. The monoisotopic (exact) mass is 303 g/mol. The third-order valence-corrected chi connectivity index (χ3v) is 4.62. The second kappa shape index (κ2) is 6.54. The Hall–Kier alpha value is -1.46. The van der Waals surface area contributed by atoms with Crippen molar-refractivity contribution in [2.45, 2.75) is 39.2 Å². The quantitative estimate of drug-likeness (QED) is 0.890. The van der Waals surface area contributed by atoms with Gasteiger partial charge in [-0.05, 0) is 41.7 Å². The number of rotatable bonds is 6. The maximum Gasteiger partial charge on any atom is 0.122 e. The lowest BCUT2D eigenvalue weighted by atomic mass is 9.99. The van der Waals surface area contributed by atoms with Crippen molar-refractivity contribution in [3.05, 3.63) is 39.9 Å². The Balaban J connectivity index is 1.95. The van der Waals surface area contributed by atoms with Crippen molar-refractivity contribution in [1.82, 2.24) is 14.9 Å². The SMILES string of the molecule is CCCc1nnsc1C(NCC)c1ccc2c(c1)CCO2. The van der Waals surface area contributed by atoms with E-state index in [1.54, 1.807) is 0 Å². The third kappa shape index (κ3) is 2.94. The summed E-state index contributed by atoms with van der Waals surface area (Å²) in [6.07, 6.45) is 3.09. The lowest BCUT2D eigenvalue weighted by Gasteiger charge is -2.18. The molecule has 1 N–H and O–H groups in total. The molecule has 2 heterocycles. The molecular weight excluding hydrogens is 282 g/mol.